The lowest BCUT2D eigenvalue weighted by molar-refractivity contribution is -0.274. The zero-order valence-electron chi connectivity index (χ0n) is 12.4. The molecule has 0 fully saturated rings. The van der Waals surface area contributed by atoms with Crippen molar-refractivity contribution < 1.29 is 27.8 Å². The second kappa shape index (κ2) is 6.73. The molecule has 0 aliphatic carbocycles. The van der Waals surface area contributed by atoms with Gasteiger partial charge < -0.3 is 9.84 Å². The van der Waals surface area contributed by atoms with Crippen molar-refractivity contribution in [3.05, 3.63) is 53.6 Å². The number of hydrogen-bond donors (Lipinski definition) is 1. The number of ether oxygens (including phenoxy) is 1. The minimum Gasteiger partial charge on any atom is -0.478 e. The summed E-state index contributed by atoms with van der Waals surface area (Å²) in [7, 11) is 0. The van der Waals surface area contributed by atoms with Gasteiger partial charge in [-0.2, -0.15) is 0 Å². The average molecular weight is 324 g/mol. The second-order valence-electron chi connectivity index (χ2n) is 4.97. The van der Waals surface area contributed by atoms with E-state index in [4.69, 9.17) is 0 Å². The smallest absolute Gasteiger partial charge is 0.478 e. The van der Waals surface area contributed by atoms with E-state index in [1.165, 1.54) is 6.07 Å². The predicted octanol–water partition coefficient (Wildman–Crippen LogP) is 4.90. The number of rotatable bonds is 5. The molecule has 0 heterocycles. The van der Waals surface area contributed by atoms with Crippen molar-refractivity contribution >= 4 is 5.97 Å². The van der Waals surface area contributed by atoms with Crippen LogP contribution in [0.3, 0.4) is 0 Å². The summed E-state index contributed by atoms with van der Waals surface area (Å²) in [5.74, 6) is -1.86. The minimum atomic E-state index is -4.86. The van der Waals surface area contributed by atoms with Crippen LogP contribution in [0.25, 0.3) is 11.1 Å². The molecule has 2 aromatic rings. The highest BCUT2D eigenvalue weighted by atomic mass is 19.4. The first kappa shape index (κ1) is 16.9. The third kappa shape index (κ3) is 4.25. The number of hydrogen-bond acceptors (Lipinski definition) is 2. The van der Waals surface area contributed by atoms with Gasteiger partial charge in [0.25, 0.3) is 0 Å². The van der Waals surface area contributed by atoms with Crippen LogP contribution in [0, 0.1) is 0 Å². The first-order valence-electron chi connectivity index (χ1n) is 7.03. The minimum absolute atomic E-state index is 0.227. The van der Waals surface area contributed by atoms with E-state index in [9.17, 15) is 23.1 Å². The molecule has 1 N–H and O–H groups in total. The number of alkyl halides is 3. The molecule has 0 bridgehead atoms. The van der Waals surface area contributed by atoms with Gasteiger partial charge in [0, 0.05) is 0 Å². The van der Waals surface area contributed by atoms with Crippen LogP contribution in [0.5, 0.6) is 5.75 Å². The van der Waals surface area contributed by atoms with Crippen molar-refractivity contribution in [1.82, 2.24) is 0 Å². The Kier molecular flexibility index (Phi) is 4.93. The van der Waals surface area contributed by atoms with Crippen molar-refractivity contribution in [1.29, 1.82) is 0 Å². The molecule has 2 aromatic carbocycles. The number of aryl methyl sites for hydroxylation is 1. The van der Waals surface area contributed by atoms with E-state index in [2.05, 4.69) is 4.74 Å². The predicted molar refractivity (Wildman–Crippen MR) is 79.5 cm³/mol. The van der Waals surface area contributed by atoms with E-state index in [0.717, 1.165) is 30.5 Å². The highest BCUT2D eigenvalue weighted by Gasteiger charge is 2.31. The Labute approximate surface area is 131 Å². The molecule has 3 nitrogen and oxygen atoms in total. The fourth-order valence-corrected chi connectivity index (χ4v) is 2.40. The van der Waals surface area contributed by atoms with Gasteiger partial charge in [-0.3, -0.25) is 0 Å². The maximum Gasteiger partial charge on any atom is 0.573 e. The van der Waals surface area contributed by atoms with Crippen LogP contribution < -0.4 is 4.74 Å². The number of halogens is 3. The Morgan fingerprint density at radius 1 is 1.13 bits per heavy atom. The summed E-state index contributed by atoms with van der Waals surface area (Å²) >= 11 is 0. The molecule has 6 heteroatoms. The Balaban J connectivity index is 2.53. The number of aromatic carboxylic acids is 1. The summed E-state index contributed by atoms with van der Waals surface area (Å²) < 4.78 is 40.7. The van der Waals surface area contributed by atoms with Crippen LogP contribution in [-0.2, 0) is 6.42 Å². The molecule has 0 aromatic heterocycles. The van der Waals surface area contributed by atoms with Crippen molar-refractivity contribution in [2.75, 3.05) is 0 Å². The van der Waals surface area contributed by atoms with Gasteiger partial charge in [0.05, 0.1) is 5.56 Å². The fourth-order valence-electron chi connectivity index (χ4n) is 2.40. The van der Waals surface area contributed by atoms with Gasteiger partial charge in [0.1, 0.15) is 5.75 Å². The van der Waals surface area contributed by atoms with Crippen LogP contribution in [0.1, 0.15) is 29.3 Å². The Bertz CT molecular complexity index is 708. The molecule has 0 amide bonds. The quantitative estimate of drug-likeness (QED) is 0.850. The van der Waals surface area contributed by atoms with E-state index in [-0.39, 0.29) is 5.56 Å². The van der Waals surface area contributed by atoms with Crippen molar-refractivity contribution in [2.24, 2.45) is 0 Å². The normalized spacial score (nSPS) is 11.3. The lowest BCUT2D eigenvalue weighted by Gasteiger charge is -2.14. The van der Waals surface area contributed by atoms with Crippen LogP contribution in [0.2, 0.25) is 0 Å². The second-order valence-corrected chi connectivity index (χ2v) is 4.97. The van der Waals surface area contributed by atoms with Gasteiger partial charge in [-0.1, -0.05) is 37.6 Å². The van der Waals surface area contributed by atoms with Gasteiger partial charge in [-0.15, -0.1) is 13.2 Å². The van der Waals surface area contributed by atoms with Crippen LogP contribution >= 0.6 is 0 Å². The zero-order valence-corrected chi connectivity index (χ0v) is 12.4. The van der Waals surface area contributed by atoms with Crippen molar-refractivity contribution in [3.8, 4) is 16.9 Å². The molecule has 0 unspecified atom stereocenters. The first-order valence-corrected chi connectivity index (χ1v) is 7.03. The van der Waals surface area contributed by atoms with Gasteiger partial charge in [-0.25, -0.2) is 4.79 Å². The number of carboxylic acid groups (broad SMARTS) is 1. The maximum absolute atomic E-state index is 12.3. The molecule has 2 rings (SSSR count). The zero-order chi connectivity index (χ0) is 17.0. The number of carbonyl (C=O) groups is 1. The Hall–Kier alpha value is -2.50. The highest BCUT2D eigenvalue weighted by Crippen LogP contribution is 2.32. The van der Waals surface area contributed by atoms with E-state index >= 15 is 0 Å². The molecule has 23 heavy (non-hydrogen) atoms. The van der Waals surface area contributed by atoms with Crippen LogP contribution in [0.4, 0.5) is 13.2 Å². The first-order chi connectivity index (χ1) is 10.8. The van der Waals surface area contributed by atoms with Gasteiger partial charge in [0.15, 0.2) is 0 Å². The molecule has 0 aliphatic heterocycles. The molecule has 0 saturated heterocycles. The molecular formula is C17H15F3O3. The Morgan fingerprint density at radius 2 is 1.83 bits per heavy atom. The van der Waals surface area contributed by atoms with E-state index in [1.807, 2.05) is 19.1 Å². The van der Waals surface area contributed by atoms with Gasteiger partial charge in [-0.05, 0) is 41.3 Å². The molecule has 0 radical (unpaired) electrons. The van der Waals surface area contributed by atoms with E-state index < -0.39 is 18.1 Å². The van der Waals surface area contributed by atoms with Crippen LogP contribution in [-0.4, -0.2) is 17.4 Å². The molecular weight excluding hydrogens is 309 g/mol. The summed E-state index contributed by atoms with van der Waals surface area (Å²) in [6.07, 6.45) is -3.25. The maximum atomic E-state index is 12.3. The van der Waals surface area contributed by atoms with E-state index in [0.29, 0.717) is 11.1 Å². The third-order valence-electron chi connectivity index (χ3n) is 3.28. The standard InChI is InChI=1S/C17H15F3O3/c1-2-5-11-6-3-4-7-13(11)14-9-8-12(23-17(18,19)20)10-15(14)16(21)22/h3-4,6-10H,2,5H2,1H3,(H,21,22). The highest BCUT2D eigenvalue weighted by molar-refractivity contribution is 5.97. The van der Waals surface area contributed by atoms with Crippen molar-refractivity contribution in [3.63, 3.8) is 0 Å². The average Bonchev–Trinajstić information content (AvgIpc) is 2.46. The third-order valence-corrected chi connectivity index (χ3v) is 3.28. The summed E-state index contributed by atoms with van der Waals surface area (Å²) in [5, 5.41) is 9.33. The van der Waals surface area contributed by atoms with Crippen LogP contribution in [0.15, 0.2) is 42.5 Å². The van der Waals surface area contributed by atoms with Crippen molar-refractivity contribution in [2.45, 2.75) is 26.1 Å². The summed E-state index contributed by atoms with van der Waals surface area (Å²) in [5.41, 5.74) is 1.79. The molecule has 0 aliphatic rings. The summed E-state index contributed by atoms with van der Waals surface area (Å²) in [6, 6.07) is 10.6. The lowest BCUT2D eigenvalue weighted by atomic mass is 9.93. The summed E-state index contributed by atoms with van der Waals surface area (Å²) in [4.78, 5) is 11.4. The topological polar surface area (TPSA) is 46.5 Å². The van der Waals surface area contributed by atoms with Gasteiger partial charge >= 0.3 is 12.3 Å². The largest absolute Gasteiger partial charge is 0.573 e. The lowest BCUT2D eigenvalue weighted by Crippen LogP contribution is -2.17. The monoisotopic (exact) mass is 324 g/mol. The SMILES string of the molecule is CCCc1ccccc1-c1ccc(OC(F)(F)F)cc1C(=O)O. The van der Waals surface area contributed by atoms with Gasteiger partial charge in [0.2, 0.25) is 0 Å². The summed E-state index contributed by atoms with van der Waals surface area (Å²) in [6.45, 7) is 2.00. The molecule has 0 spiro atoms. The number of carboxylic acids is 1. The van der Waals surface area contributed by atoms with E-state index in [1.54, 1.807) is 12.1 Å². The fraction of sp³-hybridized carbons (Fsp3) is 0.235. The molecule has 0 atom stereocenters. The Morgan fingerprint density at radius 3 is 2.43 bits per heavy atom. The molecule has 0 saturated carbocycles. The molecule has 122 valence electrons. The number of benzene rings is 2.